The lowest BCUT2D eigenvalue weighted by molar-refractivity contribution is -0.155. The van der Waals surface area contributed by atoms with Gasteiger partial charge >= 0.3 is 11.7 Å². The Morgan fingerprint density at radius 1 is 1.15 bits per heavy atom. The van der Waals surface area contributed by atoms with Crippen molar-refractivity contribution in [3.63, 3.8) is 0 Å². The normalized spacial score (nSPS) is 11.8. The molecule has 3 aromatic heterocycles. The molecular formula is C24H25N3O5S. The van der Waals surface area contributed by atoms with E-state index in [1.165, 1.54) is 23.8 Å². The summed E-state index contributed by atoms with van der Waals surface area (Å²) < 4.78 is 13.3. The van der Waals surface area contributed by atoms with Gasteiger partial charge in [0.1, 0.15) is 23.2 Å². The van der Waals surface area contributed by atoms with E-state index >= 15 is 0 Å². The van der Waals surface area contributed by atoms with Crippen molar-refractivity contribution in [2.75, 3.05) is 0 Å². The van der Waals surface area contributed by atoms with E-state index in [1.54, 1.807) is 32.3 Å². The maximum Gasteiger partial charge on any atom is 0.332 e. The summed E-state index contributed by atoms with van der Waals surface area (Å²) in [7, 11) is 0. The van der Waals surface area contributed by atoms with Crippen LogP contribution in [0.25, 0.3) is 21.0 Å². The monoisotopic (exact) mass is 467 g/mol. The Labute approximate surface area is 194 Å². The van der Waals surface area contributed by atoms with E-state index in [0.29, 0.717) is 39.5 Å². The summed E-state index contributed by atoms with van der Waals surface area (Å²) in [6, 6.07) is 9.77. The molecule has 3 heterocycles. The van der Waals surface area contributed by atoms with Crippen LogP contribution >= 0.6 is 11.3 Å². The largest absolute Gasteiger partial charge is 0.459 e. The molecule has 0 spiro atoms. The number of hydrogen-bond acceptors (Lipinski definition) is 7. The molecule has 172 valence electrons. The maximum atomic E-state index is 13.4. The van der Waals surface area contributed by atoms with Gasteiger partial charge in [0.15, 0.2) is 0 Å². The molecule has 0 aliphatic heterocycles. The number of fused-ring (bicyclic) bond motifs is 1. The van der Waals surface area contributed by atoms with Crippen LogP contribution in [-0.2, 0) is 29.0 Å². The average Bonchev–Trinajstić information content (AvgIpc) is 3.39. The first-order valence-electron chi connectivity index (χ1n) is 10.6. The molecule has 0 saturated heterocycles. The van der Waals surface area contributed by atoms with E-state index in [0.717, 1.165) is 10.1 Å². The zero-order valence-electron chi connectivity index (χ0n) is 19.0. The van der Waals surface area contributed by atoms with Gasteiger partial charge in [0, 0.05) is 6.54 Å². The number of aromatic nitrogens is 3. The molecule has 4 aromatic rings. The van der Waals surface area contributed by atoms with E-state index in [9.17, 15) is 14.4 Å². The van der Waals surface area contributed by atoms with E-state index in [-0.39, 0.29) is 0 Å². The third kappa shape index (κ3) is 4.68. The van der Waals surface area contributed by atoms with Crippen molar-refractivity contribution in [2.24, 2.45) is 0 Å². The van der Waals surface area contributed by atoms with Gasteiger partial charge in [-0.15, -0.1) is 11.3 Å². The van der Waals surface area contributed by atoms with Gasteiger partial charge in [-0.25, -0.2) is 14.3 Å². The number of oxazole rings is 1. The fourth-order valence-corrected chi connectivity index (χ4v) is 4.92. The number of esters is 1. The molecule has 1 aromatic carbocycles. The molecule has 0 amide bonds. The van der Waals surface area contributed by atoms with Crippen LogP contribution in [0, 0.1) is 6.92 Å². The van der Waals surface area contributed by atoms with E-state index < -0.39 is 29.4 Å². The third-order valence-electron chi connectivity index (χ3n) is 5.09. The maximum absolute atomic E-state index is 13.4. The van der Waals surface area contributed by atoms with Crippen molar-refractivity contribution >= 4 is 27.5 Å². The minimum atomic E-state index is -0.729. The molecule has 0 unspecified atom stereocenters. The van der Waals surface area contributed by atoms with E-state index in [4.69, 9.17) is 9.15 Å². The molecule has 4 rings (SSSR count). The lowest BCUT2D eigenvalue weighted by atomic mass is 10.1. The van der Waals surface area contributed by atoms with Crippen LogP contribution in [-0.4, -0.2) is 25.7 Å². The zero-order chi connectivity index (χ0) is 23.8. The number of hydrogen-bond donors (Lipinski definition) is 0. The van der Waals surface area contributed by atoms with Crippen LogP contribution in [0.3, 0.4) is 0 Å². The smallest absolute Gasteiger partial charge is 0.332 e. The number of nitrogens with zero attached hydrogens (tertiary/aromatic N) is 3. The first kappa shape index (κ1) is 22.7. The summed E-state index contributed by atoms with van der Waals surface area (Å²) in [6.07, 6.45) is 3.58. The molecule has 0 atom stereocenters. The molecule has 9 heteroatoms. The van der Waals surface area contributed by atoms with Crippen molar-refractivity contribution < 1.29 is 13.9 Å². The average molecular weight is 468 g/mol. The summed E-state index contributed by atoms with van der Waals surface area (Å²) in [4.78, 5) is 44.7. The van der Waals surface area contributed by atoms with Gasteiger partial charge in [0.2, 0.25) is 5.89 Å². The quantitative estimate of drug-likeness (QED) is 0.401. The van der Waals surface area contributed by atoms with Crippen LogP contribution in [0.4, 0.5) is 0 Å². The summed E-state index contributed by atoms with van der Waals surface area (Å²) in [5.41, 5.74) is -0.0801. The Hall–Kier alpha value is -3.46. The van der Waals surface area contributed by atoms with Crippen molar-refractivity contribution in [2.45, 2.75) is 52.8 Å². The van der Waals surface area contributed by atoms with E-state index in [2.05, 4.69) is 4.98 Å². The molecule has 8 nitrogen and oxygen atoms in total. The summed E-state index contributed by atoms with van der Waals surface area (Å²) in [5, 5.41) is 0.379. The fourth-order valence-electron chi connectivity index (χ4n) is 3.66. The first-order valence-corrected chi connectivity index (χ1v) is 11.4. The van der Waals surface area contributed by atoms with Gasteiger partial charge in [0.25, 0.3) is 5.56 Å². The number of benzene rings is 1. The molecule has 0 radical (unpaired) electrons. The Kier molecular flexibility index (Phi) is 6.07. The summed E-state index contributed by atoms with van der Waals surface area (Å²) in [5.74, 6) is -0.259. The van der Waals surface area contributed by atoms with E-state index in [1.807, 2.05) is 30.3 Å². The number of carbonyl (C=O) groups excluding carboxylic acids is 1. The highest BCUT2D eigenvalue weighted by Crippen LogP contribution is 2.35. The highest BCUT2D eigenvalue weighted by molar-refractivity contribution is 7.22. The Balaban J connectivity index is 1.87. The molecule has 0 N–H and O–H groups in total. The Bertz CT molecular complexity index is 1410. The lowest BCUT2D eigenvalue weighted by Gasteiger charge is -2.20. The SMILES string of the molecule is Cc1c(-c2ncco2)sc2c1c(=O)n(CC(=O)OC(C)(C)C)c(=O)n2CCc1ccccc1. The molecule has 33 heavy (non-hydrogen) atoms. The number of carbonyl (C=O) groups is 1. The topological polar surface area (TPSA) is 96.3 Å². The number of rotatable bonds is 6. The Morgan fingerprint density at radius 3 is 2.52 bits per heavy atom. The van der Waals surface area contributed by atoms with Crippen molar-refractivity contribution in [1.29, 1.82) is 0 Å². The highest BCUT2D eigenvalue weighted by atomic mass is 32.1. The second kappa shape index (κ2) is 8.82. The van der Waals surface area contributed by atoms with Crippen molar-refractivity contribution in [3.05, 3.63) is 74.8 Å². The minimum Gasteiger partial charge on any atom is -0.459 e. The van der Waals surface area contributed by atoms with Gasteiger partial charge in [-0.2, -0.15) is 0 Å². The summed E-state index contributed by atoms with van der Waals surface area (Å²) in [6.45, 7) is 6.89. The second-order valence-electron chi connectivity index (χ2n) is 8.72. The lowest BCUT2D eigenvalue weighted by Crippen LogP contribution is -2.42. The van der Waals surface area contributed by atoms with Crippen LogP contribution < -0.4 is 11.2 Å². The minimum absolute atomic E-state index is 0.346. The third-order valence-corrected chi connectivity index (χ3v) is 6.40. The van der Waals surface area contributed by atoms with Gasteiger partial charge in [-0.1, -0.05) is 30.3 Å². The van der Waals surface area contributed by atoms with Crippen LogP contribution in [0.5, 0.6) is 0 Å². The second-order valence-corrected chi connectivity index (χ2v) is 9.72. The number of thiophene rings is 1. The van der Waals surface area contributed by atoms with Crippen LogP contribution in [0.2, 0.25) is 0 Å². The zero-order valence-corrected chi connectivity index (χ0v) is 19.8. The molecule has 0 aliphatic carbocycles. The van der Waals surface area contributed by atoms with Crippen molar-refractivity contribution in [3.8, 4) is 10.8 Å². The Morgan fingerprint density at radius 2 is 1.88 bits per heavy atom. The van der Waals surface area contributed by atoms with Gasteiger partial charge in [0.05, 0.1) is 16.5 Å². The molecule has 0 fully saturated rings. The first-order chi connectivity index (χ1) is 15.7. The molecule has 0 bridgehead atoms. The highest BCUT2D eigenvalue weighted by Gasteiger charge is 2.24. The van der Waals surface area contributed by atoms with Crippen LogP contribution in [0.1, 0.15) is 31.9 Å². The molecule has 0 saturated carbocycles. The number of ether oxygens (including phenoxy) is 1. The molecule has 0 aliphatic rings. The molecular weight excluding hydrogens is 442 g/mol. The number of aryl methyl sites for hydroxylation is 3. The standard InChI is InChI=1S/C24H25N3O5S/c1-15-18-21(29)27(14-17(28)32-24(2,3)4)23(30)26(12-10-16-8-6-5-7-9-16)22(18)33-19(15)20-25-11-13-31-20/h5-9,11,13H,10,12,14H2,1-4H3. The summed E-state index contributed by atoms with van der Waals surface area (Å²) >= 11 is 1.29. The van der Waals surface area contributed by atoms with Crippen LogP contribution in [0.15, 0.2) is 56.8 Å². The predicted molar refractivity (Wildman–Crippen MR) is 127 cm³/mol. The van der Waals surface area contributed by atoms with Gasteiger partial charge < -0.3 is 9.15 Å². The van der Waals surface area contributed by atoms with Gasteiger partial charge in [-0.3, -0.25) is 14.2 Å². The predicted octanol–water partition coefficient (Wildman–Crippen LogP) is 3.77. The van der Waals surface area contributed by atoms with Crippen molar-refractivity contribution in [1.82, 2.24) is 14.1 Å². The fraction of sp³-hybridized carbons (Fsp3) is 0.333. The van der Waals surface area contributed by atoms with Gasteiger partial charge in [-0.05, 0) is 45.2 Å².